The second-order valence-corrected chi connectivity index (χ2v) is 5.95. The highest BCUT2D eigenvalue weighted by molar-refractivity contribution is 5.92. The van der Waals surface area contributed by atoms with Gasteiger partial charge in [-0.2, -0.15) is 5.26 Å². The lowest BCUT2D eigenvalue weighted by Crippen LogP contribution is -2.08. The second-order valence-electron chi connectivity index (χ2n) is 5.95. The third kappa shape index (κ3) is 2.35. The lowest BCUT2D eigenvalue weighted by Gasteiger charge is -2.18. The van der Waals surface area contributed by atoms with Gasteiger partial charge in [0, 0.05) is 11.1 Å². The molecule has 0 saturated carbocycles. The summed E-state index contributed by atoms with van der Waals surface area (Å²) in [6, 6.07) is 18.3. The van der Waals surface area contributed by atoms with Gasteiger partial charge in [0.15, 0.2) is 0 Å². The molecule has 1 atom stereocenters. The molecule has 0 radical (unpaired) electrons. The van der Waals surface area contributed by atoms with Crippen LogP contribution in [-0.2, 0) is 6.42 Å². The summed E-state index contributed by atoms with van der Waals surface area (Å²) in [5.74, 6) is 0.953. The first-order valence-electron chi connectivity index (χ1n) is 8.02. The molecule has 0 bridgehead atoms. The summed E-state index contributed by atoms with van der Waals surface area (Å²) < 4.78 is 5.48. The summed E-state index contributed by atoms with van der Waals surface area (Å²) in [4.78, 5) is 4.38. The second kappa shape index (κ2) is 5.86. The number of rotatable bonds is 3. The number of ether oxygens (including phenoxy) is 1. The maximum Gasteiger partial charge on any atom is 0.143 e. The van der Waals surface area contributed by atoms with Crippen LogP contribution in [0.3, 0.4) is 0 Å². The fourth-order valence-corrected chi connectivity index (χ4v) is 3.50. The molecule has 1 aliphatic carbocycles. The number of nitrogens with one attached hydrogen (secondary N) is 1. The quantitative estimate of drug-likeness (QED) is 0.786. The smallest absolute Gasteiger partial charge is 0.143 e. The van der Waals surface area contributed by atoms with E-state index in [2.05, 4.69) is 22.4 Å². The number of nitrogens with zero attached hydrogens (tertiary/aromatic N) is 2. The van der Waals surface area contributed by atoms with Crippen molar-refractivity contribution in [3.63, 3.8) is 0 Å². The number of fused-ring (bicyclic) bond motifs is 2. The minimum Gasteiger partial charge on any atom is -0.496 e. The summed E-state index contributed by atoms with van der Waals surface area (Å²) in [5.41, 5.74) is 4.77. The first-order chi connectivity index (χ1) is 11.8. The van der Waals surface area contributed by atoms with Gasteiger partial charge < -0.3 is 10.1 Å². The van der Waals surface area contributed by atoms with Crippen LogP contribution in [-0.4, -0.2) is 12.1 Å². The van der Waals surface area contributed by atoms with Crippen molar-refractivity contribution in [2.45, 2.75) is 18.9 Å². The maximum absolute atomic E-state index is 9.25. The molecule has 1 aliphatic rings. The fourth-order valence-electron chi connectivity index (χ4n) is 3.50. The first-order valence-corrected chi connectivity index (χ1v) is 8.02. The third-order valence-electron chi connectivity index (χ3n) is 4.61. The van der Waals surface area contributed by atoms with Crippen molar-refractivity contribution in [2.75, 3.05) is 12.4 Å². The summed E-state index contributed by atoms with van der Waals surface area (Å²) in [6.07, 6.45) is 2.00. The van der Waals surface area contributed by atoms with Crippen LogP contribution in [0.4, 0.5) is 5.69 Å². The lowest BCUT2D eigenvalue weighted by atomic mass is 10.1. The minimum atomic E-state index is 0.215. The third-order valence-corrected chi connectivity index (χ3v) is 4.61. The van der Waals surface area contributed by atoms with Crippen LogP contribution in [0.1, 0.15) is 29.3 Å². The van der Waals surface area contributed by atoms with E-state index in [-0.39, 0.29) is 6.04 Å². The standard InChI is InChI=1S/C20H17N3O/c1-24-20-8-4-6-14-15(20)9-10-18(14)23-19-11-13(12-21)22-17-7-3-2-5-16(17)19/h2-8,11,18H,9-10H2,1H3,(H,22,23). The molecule has 1 N–H and O–H groups in total. The van der Waals surface area contributed by atoms with E-state index in [1.807, 2.05) is 42.5 Å². The molecular weight excluding hydrogens is 298 g/mol. The fraction of sp³-hybridized carbons (Fsp3) is 0.200. The zero-order valence-electron chi connectivity index (χ0n) is 13.4. The van der Waals surface area contributed by atoms with Crippen molar-refractivity contribution >= 4 is 16.6 Å². The predicted molar refractivity (Wildman–Crippen MR) is 94.1 cm³/mol. The Kier molecular flexibility index (Phi) is 3.55. The Morgan fingerprint density at radius 1 is 1.21 bits per heavy atom. The highest BCUT2D eigenvalue weighted by atomic mass is 16.5. The van der Waals surface area contributed by atoms with Crippen molar-refractivity contribution in [1.82, 2.24) is 4.98 Å². The molecule has 24 heavy (non-hydrogen) atoms. The molecule has 0 aliphatic heterocycles. The van der Waals surface area contributed by atoms with Crippen LogP contribution in [0.15, 0.2) is 48.5 Å². The SMILES string of the molecule is COc1cccc2c1CCC2Nc1cc(C#N)nc2ccccc12. The van der Waals surface area contributed by atoms with Crippen LogP contribution in [0.2, 0.25) is 0 Å². The van der Waals surface area contributed by atoms with Crippen molar-refractivity contribution < 1.29 is 4.74 Å². The van der Waals surface area contributed by atoms with E-state index in [4.69, 9.17) is 4.74 Å². The number of benzene rings is 2. The zero-order chi connectivity index (χ0) is 16.5. The number of nitriles is 1. The maximum atomic E-state index is 9.25. The Bertz CT molecular complexity index is 959. The van der Waals surface area contributed by atoms with Crippen LogP contribution in [0.5, 0.6) is 5.75 Å². The van der Waals surface area contributed by atoms with E-state index in [1.54, 1.807) is 7.11 Å². The number of pyridine rings is 1. The summed E-state index contributed by atoms with van der Waals surface area (Å²) >= 11 is 0. The molecule has 4 rings (SSSR count). The highest BCUT2D eigenvalue weighted by Gasteiger charge is 2.25. The van der Waals surface area contributed by atoms with Gasteiger partial charge in [-0.1, -0.05) is 30.3 Å². The van der Waals surface area contributed by atoms with E-state index in [0.29, 0.717) is 5.69 Å². The van der Waals surface area contributed by atoms with E-state index in [1.165, 1.54) is 11.1 Å². The van der Waals surface area contributed by atoms with E-state index < -0.39 is 0 Å². The molecular formula is C20H17N3O. The molecule has 4 nitrogen and oxygen atoms in total. The molecule has 2 aromatic carbocycles. The van der Waals surface area contributed by atoms with E-state index >= 15 is 0 Å². The summed E-state index contributed by atoms with van der Waals surface area (Å²) in [7, 11) is 1.71. The Morgan fingerprint density at radius 2 is 2.08 bits per heavy atom. The minimum absolute atomic E-state index is 0.215. The van der Waals surface area contributed by atoms with Crippen molar-refractivity contribution in [1.29, 1.82) is 5.26 Å². The number of hydrogen-bond donors (Lipinski definition) is 1. The normalized spacial score (nSPS) is 15.8. The van der Waals surface area contributed by atoms with Crippen molar-refractivity contribution in [3.05, 3.63) is 65.4 Å². The van der Waals surface area contributed by atoms with Crippen molar-refractivity contribution in [3.8, 4) is 11.8 Å². The molecule has 0 amide bonds. The molecule has 0 spiro atoms. The largest absolute Gasteiger partial charge is 0.496 e. The number of anilines is 1. The highest BCUT2D eigenvalue weighted by Crippen LogP contribution is 2.39. The number of hydrogen-bond acceptors (Lipinski definition) is 4. The molecule has 118 valence electrons. The Balaban J connectivity index is 1.76. The zero-order valence-corrected chi connectivity index (χ0v) is 13.4. The Hall–Kier alpha value is -3.06. The van der Waals surface area contributed by atoms with Gasteiger partial charge >= 0.3 is 0 Å². The molecule has 4 heteroatoms. The molecule has 1 aromatic heterocycles. The van der Waals surface area contributed by atoms with Crippen LogP contribution in [0.25, 0.3) is 10.9 Å². The molecule has 1 heterocycles. The summed E-state index contributed by atoms with van der Waals surface area (Å²) in [5, 5.41) is 13.9. The average Bonchev–Trinajstić information content (AvgIpc) is 3.04. The van der Waals surface area contributed by atoms with E-state index in [9.17, 15) is 5.26 Å². The number of aromatic nitrogens is 1. The Labute approximate surface area is 140 Å². The van der Waals surface area contributed by atoms with Gasteiger partial charge in [-0.05, 0) is 42.2 Å². The molecule has 3 aromatic rings. The van der Waals surface area contributed by atoms with Gasteiger partial charge in [-0.15, -0.1) is 0 Å². The predicted octanol–water partition coefficient (Wildman–Crippen LogP) is 4.21. The van der Waals surface area contributed by atoms with Gasteiger partial charge in [-0.25, -0.2) is 4.98 Å². The Morgan fingerprint density at radius 3 is 2.92 bits per heavy atom. The monoisotopic (exact) mass is 315 g/mol. The van der Waals surface area contributed by atoms with E-state index in [0.717, 1.165) is 35.2 Å². The van der Waals surface area contributed by atoms with Gasteiger partial charge in [0.2, 0.25) is 0 Å². The average molecular weight is 315 g/mol. The number of methoxy groups -OCH3 is 1. The van der Waals surface area contributed by atoms with Gasteiger partial charge in [0.25, 0.3) is 0 Å². The van der Waals surface area contributed by atoms with Gasteiger partial charge in [0.05, 0.1) is 18.7 Å². The van der Waals surface area contributed by atoms with Crippen LogP contribution < -0.4 is 10.1 Å². The van der Waals surface area contributed by atoms with Gasteiger partial charge in [0.1, 0.15) is 17.5 Å². The molecule has 0 fully saturated rings. The van der Waals surface area contributed by atoms with Crippen molar-refractivity contribution in [2.24, 2.45) is 0 Å². The first kappa shape index (κ1) is 14.5. The van der Waals surface area contributed by atoms with Crippen LogP contribution in [0, 0.1) is 11.3 Å². The van der Waals surface area contributed by atoms with Gasteiger partial charge in [-0.3, -0.25) is 0 Å². The lowest BCUT2D eigenvalue weighted by molar-refractivity contribution is 0.410. The summed E-state index contributed by atoms with van der Waals surface area (Å²) in [6.45, 7) is 0. The molecule has 0 saturated heterocycles. The molecule has 1 unspecified atom stereocenters. The number of para-hydroxylation sites is 1. The van der Waals surface area contributed by atoms with Crippen LogP contribution >= 0.6 is 0 Å². The topological polar surface area (TPSA) is 57.9 Å².